The minimum absolute atomic E-state index is 0.102. The van der Waals surface area contributed by atoms with E-state index in [9.17, 15) is 4.79 Å². The Labute approximate surface area is 157 Å². The van der Waals surface area contributed by atoms with Gasteiger partial charge in [-0.15, -0.1) is 10.2 Å². The highest BCUT2D eigenvalue weighted by molar-refractivity contribution is 9.10. The van der Waals surface area contributed by atoms with Crippen LogP contribution in [0.3, 0.4) is 0 Å². The molecule has 9 heteroatoms. The van der Waals surface area contributed by atoms with Crippen LogP contribution in [0.2, 0.25) is 0 Å². The number of amides is 1. The smallest absolute Gasteiger partial charge is 0.293 e. The first-order chi connectivity index (χ1) is 12.2. The molecule has 4 rings (SSSR count). The van der Waals surface area contributed by atoms with Crippen LogP contribution in [0.15, 0.2) is 28.7 Å². The normalized spacial score (nSPS) is 15.8. The summed E-state index contributed by atoms with van der Waals surface area (Å²) in [5, 5.41) is 13.6. The maximum atomic E-state index is 12.8. The van der Waals surface area contributed by atoms with Crippen LogP contribution in [0.4, 0.5) is 0 Å². The van der Waals surface area contributed by atoms with Crippen molar-refractivity contribution in [2.75, 3.05) is 32.7 Å². The van der Waals surface area contributed by atoms with E-state index in [1.165, 1.54) is 11.3 Å². The summed E-state index contributed by atoms with van der Waals surface area (Å²) in [7, 11) is 0. The number of carbonyl (C=O) groups is 1. The molecule has 0 aliphatic carbocycles. The van der Waals surface area contributed by atoms with Gasteiger partial charge in [-0.1, -0.05) is 46.3 Å². The molecule has 0 saturated carbocycles. The summed E-state index contributed by atoms with van der Waals surface area (Å²) < 4.78 is 2.55. The van der Waals surface area contributed by atoms with Gasteiger partial charge in [0.15, 0.2) is 0 Å². The number of aromatic nitrogens is 4. The second-order valence-electron chi connectivity index (χ2n) is 5.86. The van der Waals surface area contributed by atoms with Crippen LogP contribution in [0.25, 0.3) is 15.5 Å². The van der Waals surface area contributed by atoms with Crippen molar-refractivity contribution in [1.29, 1.82) is 0 Å². The Morgan fingerprint density at radius 1 is 1.24 bits per heavy atom. The number of likely N-dealkylation sites (N-methyl/N-ethyl adjacent to an activating group) is 1. The minimum Gasteiger partial charge on any atom is -0.333 e. The molecule has 7 nitrogen and oxygen atoms in total. The number of rotatable bonds is 3. The summed E-state index contributed by atoms with van der Waals surface area (Å²) in [4.78, 5) is 17.6. The molecule has 0 atom stereocenters. The Bertz CT molecular complexity index is 914. The van der Waals surface area contributed by atoms with Gasteiger partial charge in [0.25, 0.3) is 5.91 Å². The molecule has 1 aliphatic heterocycles. The van der Waals surface area contributed by atoms with Crippen LogP contribution in [-0.4, -0.2) is 68.2 Å². The Balaban J connectivity index is 1.61. The lowest BCUT2D eigenvalue weighted by molar-refractivity contribution is 0.0628. The zero-order valence-corrected chi connectivity index (χ0v) is 16.1. The lowest BCUT2D eigenvalue weighted by atomic mass is 10.2. The molecule has 0 radical (unpaired) electrons. The van der Waals surface area contributed by atoms with Crippen LogP contribution in [0, 0.1) is 0 Å². The zero-order valence-electron chi connectivity index (χ0n) is 13.7. The van der Waals surface area contributed by atoms with E-state index in [0.717, 1.165) is 34.7 Å². The van der Waals surface area contributed by atoms with Gasteiger partial charge in [-0.25, -0.2) is 0 Å². The van der Waals surface area contributed by atoms with E-state index in [1.807, 2.05) is 29.2 Å². The second-order valence-corrected chi connectivity index (χ2v) is 7.73. The number of piperazine rings is 1. The van der Waals surface area contributed by atoms with Crippen LogP contribution in [-0.2, 0) is 0 Å². The highest BCUT2D eigenvalue weighted by Gasteiger charge is 2.26. The maximum absolute atomic E-state index is 12.8. The first-order valence-corrected chi connectivity index (χ1v) is 9.76. The molecular weight excluding hydrogens is 404 g/mol. The van der Waals surface area contributed by atoms with Gasteiger partial charge < -0.3 is 9.80 Å². The van der Waals surface area contributed by atoms with Gasteiger partial charge in [0.2, 0.25) is 10.8 Å². The van der Waals surface area contributed by atoms with E-state index in [1.54, 1.807) is 4.52 Å². The summed E-state index contributed by atoms with van der Waals surface area (Å²) in [5.74, 6) is 0.187. The SMILES string of the molecule is CCN1CCN(C(=O)c2nnc3sc(-c4cccc(Br)c4)nn23)CC1. The van der Waals surface area contributed by atoms with Gasteiger partial charge in [0.1, 0.15) is 5.01 Å². The molecule has 3 aromatic rings. The largest absolute Gasteiger partial charge is 0.333 e. The molecule has 0 N–H and O–H groups in total. The van der Waals surface area contributed by atoms with Gasteiger partial charge in [-0.3, -0.25) is 4.79 Å². The van der Waals surface area contributed by atoms with Crippen LogP contribution < -0.4 is 0 Å². The van der Waals surface area contributed by atoms with Crippen molar-refractivity contribution in [3.63, 3.8) is 0 Å². The van der Waals surface area contributed by atoms with Gasteiger partial charge >= 0.3 is 0 Å². The van der Waals surface area contributed by atoms with E-state index in [2.05, 4.69) is 43.0 Å². The first kappa shape index (κ1) is 16.6. The fraction of sp³-hybridized carbons (Fsp3) is 0.375. The average molecular weight is 421 g/mol. The van der Waals surface area contributed by atoms with Crippen molar-refractivity contribution in [1.82, 2.24) is 29.6 Å². The van der Waals surface area contributed by atoms with E-state index in [4.69, 9.17) is 0 Å². The van der Waals surface area contributed by atoms with Crippen LogP contribution >= 0.6 is 27.3 Å². The van der Waals surface area contributed by atoms with Crippen LogP contribution in [0.1, 0.15) is 17.5 Å². The topological polar surface area (TPSA) is 66.6 Å². The van der Waals surface area contributed by atoms with Crippen molar-refractivity contribution in [2.45, 2.75) is 6.92 Å². The molecule has 1 amide bonds. The molecule has 0 spiro atoms. The second kappa shape index (κ2) is 6.81. The number of carbonyl (C=O) groups excluding carboxylic acids is 1. The number of hydrogen-bond donors (Lipinski definition) is 0. The third-order valence-electron chi connectivity index (χ3n) is 4.36. The van der Waals surface area contributed by atoms with Crippen molar-refractivity contribution in [3.05, 3.63) is 34.6 Å². The summed E-state index contributed by atoms with van der Waals surface area (Å²) in [5.41, 5.74) is 0.986. The molecule has 0 bridgehead atoms. The number of fused-ring (bicyclic) bond motifs is 1. The van der Waals surface area contributed by atoms with Crippen molar-refractivity contribution >= 4 is 38.1 Å². The number of benzene rings is 1. The molecular formula is C16H17BrN6OS. The van der Waals surface area contributed by atoms with E-state index in [0.29, 0.717) is 18.1 Å². The summed E-state index contributed by atoms with van der Waals surface area (Å²) in [6, 6.07) is 7.91. The predicted octanol–water partition coefficient (Wildman–Crippen LogP) is 2.39. The average Bonchev–Trinajstić information content (AvgIpc) is 3.22. The van der Waals surface area contributed by atoms with Crippen molar-refractivity contribution < 1.29 is 4.79 Å². The Morgan fingerprint density at radius 2 is 2.04 bits per heavy atom. The lowest BCUT2D eigenvalue weighted by Crippen LogP contribution is -2.48. The Kier molecular flexibility index (Phi) is 4.53. The maximum Gasteiger partial charge on any atom is 0.293 e. The lowest BCUT2D eigenvalue weighted by Gasteiger charge is -2.33. The van der Waals surface area contributed by atoms with E-state index < -0.39 is 0 Å². The molecule has 1 fully saturated rings. The summed E-state index contributed by atoms with van der Waals surface area (Å²) in [6.07, 6.45) is 0. The molecule has 25 heavy (non-hydrogen) atoms. The molecule has 0 unspecified atom stereocenters. The molecule has 3 heterocycles. The Morgan fingerprint density at radius 3 is 2.76 bits per heavy atom. The fourth-order valence-corrected chi connectivity index (χ4v) is 4.13. The highest BCUT2D eigenvalue weighted by Crippen LogP contribution is 2.27. The predicted molar refractivity (Wildman–Crippen MR) is 99.8 cm³/mol. The molecule has 1 saturated heterocycles. The fourth-order valence-electron chi connectivity index (χ4n) is 2.90. The molecule has 1 aromatic carbocycles. The monoisotopic (exact) mass is 420 g/mol. The zero-order chi connectivity index (χ0) is 17.4. The van der Waals surface area contributed by atoms with Crippen molar-refractivity contribution in [3.8, 4) is 10.6 Å². The standard InChI is InChI=1S/C16H17BrN6OS/c1-2-21-6-8-22(9-7-21)15(24)13-18-19-16-23(13)20-14(25-16)11-4-3-5-12(17)10-11/h3-5,10H,2,6-9H2,1H3. The summed E-state index contributed by atoms with van der Waals surface area (Å²) in [6.45, 7) is 6.36. The highest BCUT2D eigenvalue weighted by atomic mass is 79.9. The van der Waals surface area contributed by atoms with Crippen LogP contribution in [0.5, 0.6) is 0 Å². The minimum atomic E-state index is -0.102. The Hall–Kier alpha value is -1.84. The van der Waals surface area contributed by atoms with Gasteiger partial charge in [0, 0.05) is 36.2 Å². The third-order valence-corrected chi connectivity index (χ3v) is 5.80. The molecule has 2 aromatic heterocycles. The third kappa shape index (κ3) is 3.19. The summed E-state index contributed by atoms with van der Waals surface area (Å²) >= 11 is 4.90. The van der Waals surface area contributed by atoms with Gasteiger partial charge in [-0.05, 0) is 18.7 Å². The first-order valence-electron chi connectivity index (χ1n) is 8.15. The van der Waals surface area contributed by atoms with E-state index in [-0.39, 0.29) is 11.7 Å². The molecule has 1 aliphatic rings. The number of nitrogens with zero attached hydrogens (tertiary/aromatic N) is 6. The number of hydrogen-bond acceptors (Lipinski definition) is 6. The molecule has 130 valence electrons. The van der Waals surface area contributed by atoms with Gasteiger partial charge in [0.05, 0.1) is 0 Å². The quantitative estimate of drug-likeness (QED) is 0.650. The van der Waals surface area contributed by atoms with Crippen molar-refractivity contribution in [2.24, 2.45) is 0 Å². The van der Waals surface area contributed by atoms with E-state index >= 15 is 0 Å². The van der Waals surface area contributed by atoms with Gasteiger partial charge in [-0.2, -0.15) is 9.61 Å². The number of halogens is 1.